The van der Waals surface area contributed by atoms with E-state index in [1.807, 2.05) is 36.4 Å². The molecule has 0 aliphatic rings. The number of amides is 1. The third kappa shape index (κ3) is 5.54. The van der Waals surface area contributed by atoms with E-state index in [0.717, 1.165) is 23.1 Å². The molecule has 2 aromatic carbocycles. The molecule has 37 heavy (non-hydrogen) atoms. The summed E-state index contributed by atoms with van der Waals surface area (Å²) >= 11 is 6.30. The van der Waals surface area contributed by atoms with Crippen molar-refractivity contribution in [1.29, 1.82) is 0 Å². The Morgan fingerprint density at radius 1 is 1.11 bits per heavy atom. The Labute approximate surface area is 217 Å². The summed E-state index contributed by atoms with van der Waals surface area (Å²) in [6.07, 6.45) is 7.29. The number of halogens is 1. The Morgan fingerprint density at radius 2 is 1.95 bits per heavy atom. The van der Waals surface area contributed by atoms with Crippen LogP contribution in [0.15, 0.2) is 72.2 Å². The highest BCUT2D eigenvalue weighted by Crippen LogP contribution is 2.22. The summed E-state index contributed by atoms with van der Waals surface area (Å²) in [6.45, 7) is 0.595. The van der Waals surface area contributed by atoms with Crippen LogP contribution in [0.25, 0.3) is 22.3 Å². The van der Waals surface area contributed by atoms with Gasteiger partial charge in [0.25, 0.3) is 5.56 Å². The van der Waals surface area contributed by atoms with E-state index in [1.54, 1.807) is 42.7 Å². The van der Waals surface area contributed by atoms with Crippen LogP contribution in [0.4, 0.5) is 5.82 Å². The minimum atomic E-state index is -0.383. The van der Waals surface area contributed by atoms with Crippen molar-refractivity contribution in [3.05, 3.63) is 93.9 Å². The molecule has 0 unspecified atom stereocenters. The van der Waals surface area contributed by atoms with Crippen LogP contribution in [0.5, 0.6) is 0 Å². The number of H-pyrrole nitrogens is 1. The molecule has 5 aromatic rings. The van der Waals surface area contributed by atoms with Crippen molar-refractivity contribution in [2.75, 3.05) is 11.9 Å². The normalized spacial score (nSPS) is 11.1. The van der Waals surface area contributed by atoms with Gasteiger partial charge in [0.05, 0.1) is 35.0 Å². The first-order chi connectivity index (χ1) is 18.0. The van der Waals surface area contributed by atoms with Crippen LogP contribution in [-0.2, 0) is 31.4 Å². The molecule has 0 spiro atoms. The second-order valence-electron chi connectivity index (χ2n) is 8.60. The van der Waals surface area contributed by atoms with E-state index in [1.165, 1.54) is 4.57 Å². The summed E-state index contributed by atoms with van der Waals surface area (Å²) in [4.78, 5) is 37.9. The Morgan fingerprint density at radius 3 is 2.73 bits per heavy atom. The minimum Gasteiger partial charge on any atom is -0.365 e. The molecule has 3 aromatic heterocycles. The Hall–Kier alpha value is -4.44. The Bertz CT molecular complexity index is 1610. The first kappa shape index (κ1) is 24.3. The molecule has 0 fully saturated rings. The highest BCUT2D eigenvalue weighted by atomic mass is 35.5. The summed E-state index contributed by atoms with van der Waals surface area (Å²) in [5.74, 6) is -0.137. The molecule has 3 N–H and O–H groups in total. The van der Waals surface area contributed by atoms with Gasteiger partial charge < -0.3 is 15.6 Å². The van der Waals surface area contributed by atoms with Gasteiger partial charge in [0.1, 0.15) is 12.1 Å². The van der Waals surface area contributed by atoms with Gasteiger partial charge in [-0.15, -0.1) is 0 Å². The van der Waals surface area contributed by atoms with Crippen molar-refractivity contribution in [3.8, 4) is 11.3 Å². The lowest BCUT2D eigenvalue weighted by Gasteiger charge is -2.14. The third-order valence-electron chi connectivity index (χ3n) is 5.93. The number of nitrogens with one attached hydrogen (secondary N) is 3. The van der Waals surface area contributed by atoms with Gasteiger partial charge in [0.15, 0.2) is 5.82 Å². The molecule has 188 valence electrons. The second-order valence-corrected chi connectivity index (χ2v) is 9.01. The lowest BCUT2D eigenvalue weighted by atomic mass is 10.1. The molecule has 0 atom stereocenters. The van der Waals surface area contributed by atoms with Crippen LogP contribution in [0, 0.1) is 0 Å². The highest BCUT2D eigenvalue weighted by Gasteiger charge is 2.16. The van der Waals surface area contributed by atoms with Crippen molar-refractivity contribution in [3.63, 3.8) is 0 Å². The van der Waals surface area contributed by atoms with Gasteiger partial charge in [0.2, 0.25) is 5.91 Å². The van der Waals surface area contributed by atoms with E-state index in [0.29, 0.717) is 28.3 Å². The highest BCUT2D eigenvalue weighted by molar-refractivity contribution is 6.35. The van der Waals surface area contributed by atoms with E-state index in [-0.39, 0.29) is 30.4 Å². The number of anilines is 1. The van der Waals surface area contributed by atoms with Crippen molar-refractivity contribution < 1.29 is 4.79 Å². The smallest absolute Gasteiger partial charge is 0.294 e. The summed E-state index contributed by atoms with van der Waals surface area (Å²) in [7, 11) is 1.78. The van der Waals surface area contributed by atoms with Gasteiger partial charge in [0, 0.05) is 31.9 Å². The predicted octanol–water partition coefficient (Wildman–Crippen LogP) is 3.14. The number of aromatic nitrogens is 6. The lowest BCUT2D eigenvalue weighted by Crippen LogP contribution is -2.34. The molecule has 1 amide bonds. The fourth-order valence-corrected chi connectivity index (χ4v) is 4.38. The number of aromatic amines is 1. The van der Waals surface area contributed by atoms with Crippen LogP contribution in [0.2, 0.25) is 5.02 Å². The van der Waals surface area contributed by atoms with Gasteiger partial charge in [-0.2, -0.15) is 5.10 Å². The number of carbonyl (C=O) groups excluding carboxylic acids is 1. The van der Waals surface area contributed by atoms with Crippen molar-refractivity contribution in [1.82, 2.24) is 34.6 Å². The Kier molecular flexibility index (Phi) is 7.00. The zero-order valence-corrected chi connectivity index (χ0v) is 20.9. The maximum Gasteiger partial charge on any atom is 0.294 e. The van der Waals surface area contributed by atoms with Crippen molar-refractivity contribution in [2.45, 2.75) is 19.5 Å². The number of rotatable bonds is 9. The number of carbonyl (C=O) groups is 1. The molecule has 0 aliphatic carbocycles. The number of hydrogen-bond donors (Lipinski definition) is 3. The van der Waals surface area contributed by atoms with Gasteiger partial charge in [-0.25, -0.2) is 9.97 Å². The van der Waals surface area contributed by atoms with Crippen LogP contribution >= 0.6 is 11.6 Å². The molecule has 0 saturated heterocycles. The van der Waals surface area contributed by atoms with Crippen molar-refractivity contribution in [2.24, 2.45) is 7.05 Å². The summed E-state index contributed by atoms with van der Waals surface area (Å²) in [5.41, 5.74) is 4.23. The van der Waals surface area contributed by atoms with Gasteiger partial charge in [-0.3, -0.25) is 18.8 Å². The topological polar surface area (TPSA) is 123 Å². The minimum absolute atomic E-state index is 0.182. The van der Waals surface area contributed by atoms with Crippen LogP contribution in [0.3, 0.4) is 0 Å². The second kappa shape index (κ2) is 10.7. The lowest BCUT2D eigenvalue weighted by molar-refractivity contribution is -0.121. The maximum atomic E-state index is 13.4. The van der Waals surface area contributed by atoms with E-state index in [9.17, 15) is 9.59 Å². The zero-order chi connectivity index (χ0) is 25.8. The van der Waals surface area contributed by atoms with E-state index in [4.69, 9.17) is 11.6 Å². The average molecular weight is 517 g/mol. The summed E-state index contributed by atoms with van der Waals surface area (Å²) in [6, 6.07) is 13.6. The molecule has 0 saturated carbocycles. The number of benzene rings is 2. The van der Waals surface area contributed by atoms with Gasteiger partial charge in [-0.1, -0.05) is 41.9 Å². The first-order valence-corrected chi connectivity index (χ1v) is 12.1. The summed E-state index contributed by atoms with van der Waals surface area (Å²) < 4.78 is 3.04. The van der Waals surface area contributed by atoms with E-state index < -0.39 is 0 Å². The quantitative estimate of drug-likeness (QED) is 0.276. The molecule has 11 heteroatoms. The van der Waals surface area contributed by atoms with Crippen LogP contribution in [0.1, 0.15) is 11.1 Å². The molecule has 0 aliphatic heterocycles. The molecule has 3 heterocycles. The predicted molar refractivity (Wildman–Crippen MR) is 142 cm³/mol. The molecule has 0 bridgehead atoms. The first-order valence-electron chi connectivity index (χ1n) is 11.7. The molecular formula is C26H25ClN8O2. The Balaban J connectivity index is 1.34. The molecular weight excluding hydrogens is 492 g/mol. The number of nitrogens with zero attached hydrogens (tertiary/aromatic N) is 5. The van der Waals surface area contributed by atoms with Crippen molar-refractivity contribution >= 4 is 34.4 Å². The van der Waals surface area contributed by atoms with Crippen LogP contribution < -0.4 is 16.2 Å². The molecule has 0 radical (unpaired) electrons. The number of fused-ring (bicyclic) bond motifs is 1. The van der Waals surface area contributed by atoms with Gasteiger partial charge >= 0.3 is 0 Å². The number of aryl methyl sites for hydroxylation is 1. The number of imidazole rings is 1. The fourth-order valence-electron chi connectivity index (χ4n) is 4.08. The molecule has 10 nitrogen and oxygen atoms in total. The zero-order valence-electron chi connectivity index (χ0n) is 20.1. The SMILES string of the molecule is Cn1cc(-c2cnc(NCCc3ccccc3)c(=O)n2CC(=O)NCc2cc(Cl)c3nc[nH]c3c2)cn1. The average Bonchev–Trinajstić information content (AvgIpc) is 3.55. The molecule has 5 rings (SSSR count). The van der Waals surface area contributed by atoms with Gasteiger partial charge in [-0.05, 0) is 29.7 Å². The summed E-state index contributed by atoms with van der Waals surface area (Å²) in [5, 5.41) is 10.7. The largest absolute Gasteiger partial charge is 0.365 e. The maximum absolute atomic E-state index is 13.4. The monoisotopic (exact) mass is 516 g/mol. The standard InChI is InChI=1S/C26H25ClN8O2/c1-34-14-19(12-33-34)22-13-30-25(28-8-7-17-5-3-2-4-6-17)26(37)35(22)15-23(36)29-11-18-9-20(27)24-21(10-18)31-16-32-24/h2-6,9-10,12-14,16H,7-8,11,15H2,1H3,(H,28,30)(H,29,36)(H,31,32). The van der Waals surface area contributed by atoms with E-state index in [2.05, 4.69) is 30.7 Å². The fraction of sp³-hybridized carbons (Fsp3) is 0.192. The van der Waals surface area contributed by atoms with Crippen LogP contribution in [-0.4, -0.2) is 41.8 Å². The third-order valence-corrected chi connectivity index (χ3v) is 6.22. The van der Waals surface area contributed by atoms with E-state index >= 15 is 0 Å². The number of hydrogen-bond acceptors (Lipinski definition) is 6.